The number of nitrogens with one attached hydrogen (secondary N) is 1. The Kier molecular flexibility index (Phi) is 3.26. The molecule has 1 aromatic carbocycles. The summed E-state index contributed by atoms with van der Waals surface area (Å²) in [5.74, 6) is -0.354. The minimum Gasteiger partial charge on any atom is -0.318 e. The SMILES string of the molecule is O=C(Nc1cncnc1)c1cc(Cl)c2ccccc2n1. The Hall–Kier alpha value is -2.53. The lowest BCUT2D eigenvalue weighted by molar-refractivity contribution is 0.102. The van der Waals surface area contributed by atoms with E-state index in [0.29, 0.717) is 16.2 Å². The molecule has 0 aliphatic heterocycles. The fourth-order valence-electron chi connectivity index (χ4n) is 1.81. The second-order valence-electron chi connectivity index (χ2n) is 4.09. The Bertz CT molecular complexity index is 776. The molecule has 1 N–H and O–H groups in total. The molecule has 0 fully saturated rings. The molecule has 0 spiro atoms. The lowest BCUT2D eigenvalue weighted by Crippen LogP contribution is -2.14. The molecule has 0 saturated heterocycles. The van der Waals surface area contributed by atoms with Crippen LogP contribution in [-0.4, -0.2) is 20.9 Å². The maximum atomic E-state index is 12.1. The minimum absolute atomic E-state index is 0.248. The highest BCUT2D eigenvalue weighted by Crippen LogP contribution is 2.23. The van der Waals surface area contributed by atoms with Gasteiger partial charge in [-0.15, -0.1) is 0 Å². The molecule has 1 amide bonds. The maximum Gasteiger partial charge on any atom is 0.274 e. The quantitative estimate of drug-likeness (QED) is 0.785. The number of fused-ring (bicyclic) bond motifs is 1. The topological polar surface area (TPSA) is 67.8 Å². The van der Waals surface area contributed by atoms with Crippen molar-refractivity contribution < 1.29 is 4.79 Å². The molecule has 6 heteroatoms. The van der Waals surface area contributed by atoms with Crippen molar-refractivity contribution in [2.45, 2.75) is 0 Å². The Morgan fingerprint density at radius 1 is 1.15 bits per heavy atom. The van der Waals surface area contributed by atoms with Crippen molar-refractivity contribution in [2.75, 3.05) is 5.32 Å². The normalized spacial score (nSPS) is 10.4. The van der Waals surface area contributed by atoms with Crippen LogP contribution in [0.4, 0.5) is 5.69 Å². The third kappa shape index (κ3) is 2.44. The summed E-state index contributed by atoms with van der Waals surface area (Å²) in [6.45, 7) is 0. The monoisotopic (exact) mass is 284 g/mol. The van der Waals surface area contributed by atoms with E-state index in [4.69, 9.17) is 11.6 Å². The van der Waals surface area contributed by atoms with Gasteiger partial charge in [0.05, 0.1) is 28.6 Å². The van der Waals surface area contributed by atoms with Gasteiger partial charge in [0.15, 0.2) is 0 Å². The summed E-state index contributed by atoms with van der Waals surface area (Å²) in [4.78, 5) is 24.1. The number of halogens is 1. The van der Waals surface area contributed by atoms with Crippen LogP contribution in [0.5, 0.6) is 0 Å². The lowest BCUT2D eigenvalue weighted by Gasteiger charge is -2.06. The molecule has 0 aliphatic carbocycles. The standard InChI is InChI=1S/C14H9ClN4O/c15-11-5-13(19-12-4-2-1-3-10(11)12)14(20)18-9-6-16-8-17-7-9/h1-8H,(H,18,20). The second-order valence-corrected chi connectivity index (χ2v) is 4.49. The van der Waals surface area contributed by atoms with Gasteiger partial charge >= 0.3 is 0 Å². The Morgan fingerprint density at radius 2 is 1.90 bits per heavy atom. The molecule has 0 saturated carbocycles. The van der Waals surface area contributed by atoms with Crippen LogP contribution >= 0.6 is 11.6 Å². The molecule has 0 aliphatic rings. The number of rotatable bonds is 2. The van der Waals surface area contributed by atoms with Crippen molar-refractivity contribution in [1.29, 1.82) is 0 Å². The summed E-state index contributed by atoms with van der Waals surface area (Å²) in [6.07, 6.45) is 4.40. The number of hydrogen-bond donors (Lipinski definition) is 1. The van der Waals surface area contributed by atoms with Crippen LogP contribution in [0, 0.1) is 0 Å². The van der Waals surface area contributed by atoms with Crippen molar-refractivity contribution in [3.05, 3.63) is 59.8 Å². The zero-order chi connectivity index (χ0) is 13.9. The van der Waals surface area contributed by atoms with Crippen LogP contribution in [0.3, 0.4) is 0 Å². The van der Waals surface area contributed by atoms with Crippen molar-refractivity contribution in [3.63, 3.8) is 0 Å². The fraction of sp³-hybridized carbons (Fsp3) is 0. The molecule has 3 rings (SSSR count). The first-order valence-corrected chi connectivity index (χ1v) is 6.23. The Morgan fingerprint density at radius 3 is 2.70 bits per heavy atom. The van der Waals surface area contributed by atoms with Crippen LogP contribution in [0.1, 0.15) is 10.5 Å². The van der Waals surface area contributed by atoms with Gasteiger partial charge in [-0.3, -0.25) is 4.79 Å². The molecular formula is C14H9ClN4O. The average Bonchev–Trinajstić information content (AvgIpc) is 2.48. The Labute approximate surface area is 119 Å². The number of nitrogens with zero attached hydrogens (tertiary/aromatic N) is 3. The third-order valence-electron chi connectivity index (χ3n) is 2.72. The molecule has 0 bridgehead atoms. The molecule has 0 atom stereocenters. The summed E-state index contributed by atoms with van der Waals surface area (Å²) < 4.78 is 0. The third-order valence-corrected chi connectivity index (χ3v) is 3.03. The Balaban J connectivity index is 1.96. The van der Waals surface area contributed by atoms with Gasteiger partial charge < -0.3 is 5.32 Å². The molecule has 2 heterocycles. The zero-order valence-electron chi connectivity index (χ0n) is 10.2. The van der Waals surface area contributed by atoms with Gasteiger partial charge in [0.2, 0.25) is 0 Å². The van der Waals surface area contributed by atoms with E-state index in [2.05, 4.69) is 20.3 Å². The zero-order valence-corrected chi connectivity index (χ0v) is 11.0. The fourth-order valence-corrected chi connectivity index (χ4v) is 2.07. The van der Waals surface area contributed by atoms with Crippen molar-refractivity contribution >= 4 is 34.1 Å². The predicted molar refractivity (Wildman–Crippen MR) is 76.7 cm³/mol. The van der Waals surface area contributed by atoms with E-state index >= 15 is 0 Å². The lowest BCUT2D eigenvalue weighted by atomic mass is 10.2. The summed E-state index contributed by atoms with van der Waals surface area (Å²) >= 11 is 6.16. The molecule has 0 unspecified atom stereocenters. The molecule has 3 aromatic rings. The maximum absolute atomic E-state index is 12.1. The number of pyridine rings is 1. The summed E-state index contributed by atoms with van der Waals surface area (Å²) in [7, 11) is 0. The van der Waals surface area contributed by atoms with Gasteiger partial charge in [0, 0.05) is 5.39 Å². The number of para-hydroxylation sites is 1. The van der Waals surface area contributed by atoms with E-state index in [1.165, 1.54) is 18.7 Å². The van der Waals surface area contributed by atoms with Crippen LogP contribution in [0.25, 0.3) is 10.9 Å². The van der Waals surface area contributed by atoms with E-state index in [0.717, 1.165) is 5.39 Å². The summed E-state index contributed by atoms with van der Waals surface area (Å²) in [5.41, 5.74) is 1.43. The smallest absolute Gasteiger partial charge is 0.274 e. The van der Waals surface area contributed by atoms with Gasteiger partial charge in [0.25, 0.3) is 5.91 Å². The van der Waals surface area contributed by atoms with Gasteiger partial charge in [-0.1, -0.05) is 29.8 Å². The van der Waals surface area contributed by atoms with E-state index in [1.54, 1.807) is 6.07 Å². The van der Waals surface area contributed by atoms with Crippen molar-refractivity contribution in [1.82, 2.24) is 15.0 Å². The predicted octanol–water partition coefficient (Wildman–Crippen LogP) is 2.93. The van der Waals surface area contributed by atoms with Gasteiger partial charge in [-0.2, -0.15) is 0 Å². The largest absolute Gasteiger partial charge is 0.318 e. The number of anilines is 1. The van der Waals surface area contributed by atoms with Crippen molar-refractivity contribution in [2.24, 2.45) is 0 Å². The first-order chi connectivity index (χ1) is 9.74. The van der Waals surface area contributed by atoms with Gasteiger partial charge in [0.1, 0.15) is 12.0 Å². The van der Waals surface area contributed by atoms with Gasteiger partial charge in [-0.05, 0) is 12.1 Å². The van der Waals surface area contributed by atoms with Crippen LogP contribution in [0.15, 0.2) is 49.1 Å². The van der Waals surface area contributed by atoms with Gasteiger partial charge in [-0.25, -0.2) is 15.0 Å². The molecule has 98 valence electrons. The van der Waals surface area contributed by atoms with Crippen molar-refractivity contribution in [3.8, 4) is 0 Å². The second kappa shape index (κ2) is 5.22. The highest BCUT2D eigenvalue weighted by Gasteiger charge is 2.11. The molecule has 5 nitrogen and oxygen atoms in total. The molecule has 0 radical (unpaired) electrons. The molecule has 2 aromatic heterocycles. The number of amides is 1. The van der Waals surface area contributed by atoms with E-state index < -0.39 is 0 Å². The highest BCUT2D eigenvalue weighted by molar-refractivity contribution is 6.35. The van der Waals surface area contributed by atoms with E-state index in [9.17, 15) is 4.79 Å². The minimum atomic E-state index is -0.354. The number of hydrogen-bond acceptors (Lipinski definition) is 4. The first-order valence-electron chi connectivity index (χ1n) is 5.86. The van der Waals surface area contributed by atoms with Crippen LogP contribution in [-0.2, 0) is 0 Å². The number of benzene rings is 1. The van der Waals surface area contributed by atoms with Crippen LogP contribution < -0.4 is 5.32 Å². The number of carbonyl (C=O) groups excluding carboxylic acids is 1. The molecule has 20 heavy (non-hydrogen) atoms. The number of carbonyl (C=O) groups is 1. The van der Waals surface area contributed by atoms with Crippen LogP contribution in [0.2, 0.25) is 5.02 Å². The number of aromatic nitrogens is 3. The molecular weight excluding hydrogens is 276 g/mol. The average molecular weight is 285 g/mol. The highest BCUT2D eigenvalue weighted by atomic mass is 35.5. The summed E-state index contributed by atoms with van der Waals surface area (Å²) in [5, 5.41) is 3.97. The van der Waals surface area contributed by atoms with E-state index in [1.807, 2.05) is 24.3 Å². The van der Waals surface area contributed by atoms with E-state index in [-0.39, 0.29) is 11.6 Å². The summed E-state index contributed by atoms with van der Waals surface area (Å²) in [6, 6.07) is 8.93. The first kappa shape index (κ1) is 12.5.